The van der Waals surface area contributed by atoms with Crippen LogP contribution in [0.3, 0.4) is 0 Å². The van der Waals surface area contributed by atoms with Gasteiger partial charge in [0.1, 0.15) is 5.54 Å². The van der Waals surface area contributed by atoms with Crippen LogP contribution in [-0.4, -0.2) is 24.8 Å². The topological polar surface area (TPSA) is 45.0 Å². The summed E-state index contributed by atoms with van der Waals surface area (Å²) in [6, 6.07) is 2.31. The quantitative estimate of drug-likeness (QED) is 0.731. The highest BCUT2D eigenvalue weighted by Crippen LogP contribution is 2.21. The van der Waals surface area contributed by atoms with Gasteiger partial charge in [0.25, 0.3) is 0 Å². The van der Waals surface area contributed by atoms with E-state index in [9.17, 15) is 0 Å². The molecule has 0 amide bonds. The Labute approximate surface area is 92.8 Å². The summed E-state index contributed by atoms with van der Waals surface area (Å²) in [4.78, 5) is 0. The average Bonchev–Trinajstić information content (AvgIpc) is 2.71. The lowest BCUT2D eigenvalue weighted by molar-refractivity contribution is 0.0487. The minimum Gasteiger partial charge on any atom is -0.378 e. The van der Waals surface area contributed by atoms with Gasteiger partial charge in [-0.2, -0.15) is 5.26 Å². The molecule has 1 aliphatic carbocycles. The number of hydrogen-bond donors (Lipinski definition) is 1. The first-order chi connectivity index (χ1) is 7.20. The van der Waals surface area contributed by atoms with Gasteiger partial charge >= 0.3 is 0 Å². The molecule has 0 aromatic rings. The van der Waals surface area contributed by atoms with Crippen LogP contribution in [0.25, 0.3) is 0 Å². The van der Waals surface area contributed by atoms with Gasteiger partial charge in [0.05, 0.1) is 12.2 Å². The molecule has 0 saturated heterocycles. The van der Waals surface area contributed by atoms with Crippen molar-refractivity contribution in [3.05, 3.63) is 0 Å². The minimum atomic E-state index is -0.423. The van der Waals surface area contributed by atoms with E-state index in [-0.39, 0.29) is 0 Å². The molecular formula is C12H22N2O. The maximum atomic E-state index is 9.04. The Kier molecular flexibility index (Phi) is 5.07. The number of nitrogens with zero attached hydrogens (tertiary/aromatic N) is 1. The number of nitrogens with one attached hydrogen (secondary N) is 1. The summed E-state index contributed by atoms with van der Waals surface area (Å²) in [5.41, 5.74) is -0.423. The van der Waals surface area contributed by atoms with E-state index in [1.165, 1.54) is 25.7 Å². The van der Waals surface area contributed by atoms with Gasteiger partial charge in [0, 0.05) is 13.0 Å². The van der Waals surface area contributed by atoms with E-state index >= 15 is 0 Å². The summed E-state index contributed by atoms with van der Waals surface area (Å²) in [7, 11) is 0. The number of rotatable bonds is 6. The lowest BCUT2D eigenvalue weighted by atomic mass is 10.0. The van der Waals surface area contributed by atoms with Crippen LogP contribution >= 0.6 is 0 Å². The van der Waals surface area contributed by atoms with Crippen LogP contribution in [0.1, 0.15) is 46.0 Å². The highest BCUT2D eigenvalue weighted by molar-refractivity contribution is 5.03. The van der Waals surface area contributed by atoms with E-state index in [1.54, 1.807) is 0 Å². The zero-order valence-corrected chi connectivity index (χ0v) is 9.88. The standard InChI is InChI=1S/C12H22N2O/c1-3-14-12(2,10-13)8-9-15-11-6-4-5-7-11/h11,14H,3-9H2,1-2H3. The highest BCUT2D eigenvalue weighted by Gasteiger charge is 2.23. The summed E-state index contributed by atoms with van der Waals surface area (Å²) < 4.78 is 5.76. The van der Waals surface area contributed by atoms with Gasteiger partial charge < -0.3 is 4.74 Å². The van der Waals surface area contributed by atoms with Gasteiger partial charge in [-0.05, 0) is 26.3 Å². The van der Waals surface area contributed by atoms with Crippen LogP contribution in [-0.2, 0) is 4.74 Å². The van der Waals surface area contributed by atoms with Crippen molar-refractivity contribution in [3.8, 4) is 6.07 Å². The van der Waals surface area contributed by atoms with E-state index < -0.39 is 5.54 Å². The van der Waals surface area contributed by atoms with Crippen LogP contribution in [0.4, 0.5) is 0 Å². The van der Waals surface area contributed by atoms with Gasteiger partial charge in [0.15, 0.2) is 0 Å². The molecule has 86 valence electrons. The van der Waals surface area contributed by atoms with Crippen molar-refractivity contribution in [1.82, 2.24) is 5.32 Å². The van der Waals surface area contributed by atoms with Gasteiger partial charge in [0.2, 0.25) is 0 Å². The zero-order chi connectivity index (χ0) is 11.1. The van der Waals surface area contributed by atoms with Crippen molar-refractivity contribution >= 4 is 0 Å². The third-order valence-corrected chi connectivity index (χ3v) is 3.07. The van der Waals surface area contributed by atoms with E-state index in [0.717, 1.165) is 13.0 Å². The van der Waals surface area contributed by atoms with Crippen LogP contribution in [0.2, 0.25) is 0 Å². The Morgan fingerprint density at radius 3 is 2.67 bits per heavy atom. The first kappa shape index (κ1) is 12.5. The zero-order valence-electron chi connectivity index (χ0n) is 9.88. The molecule has 0 spiro atoms. The molecule has 0 bridgehead atoms. The second-order valence-electron chi connectivity index (χ2n) is 4.50. The van der Waals surface area contributed by atoms with Crippen LogP contribution in [0.5, 0.6) is 0 Å². The maximum Gasteiger partial charge on any atom is 0.106 e. The molecule has 0 aromatic heterocycles. The molecule has 0 aliphatic heterocycles. The van der Waals surface area contributed by atoms with E-state index in [0.29, 0.717) is 12.7 Å². The summed E-state index contributed by atoms with van der Waals surface area (Å²) >= 11 is 0. The average molecular weight is 210 g/mol. The lowest BCUT2D eigenvalue weighted by Gasteiger charge is -2.23. The summed E-state index contributed by atoms with van der Waals surface area (Å²) in [5, 5.41) is 12.2. The molecule has 1 N–H and O–H groups in total. The van der Waals surface area contributed by atoms with E-state index in [4.69, 9.17) is 10.00 Å². The molecule has 1 atom stereocenters. The van der Waals surface area contributed by atoms with Crippen molar-refractivity contribution < 1.29 is 4.74 Å². The van der Waals surface area contributed by atoms with Gasteiger partial charge in [-0.15, -0.1) is 0 Å². The molecule has 1 saturated carbocycles. The second kappa shape index (κ2) is 6.09. The fraction of sp³-hybridized carbons (Fsp3) is 0.917. The molecule has 1 unspecified atom stereocenters. The van der Waals surface area contributed by atoms with Gasteiger partial charge in [-0.1, -0.05) is 19.8 Å². The third kappa shape index (κ3) is 4.19. The molecule has 15 heavy (non-hydrogen) atoms. The van der Waals surface area contributed by atoms with E-state index in [2.05, 4.69) is 11.4 Å². The first-order valence-corrected chi connectivity index (χ1v) is 5.98. The summed E-state index contributed by atoms with van der Waals surface area (Å²) in [5.74, 6) is 0. The highest BCUT2D eigenvalue weighted by atomic mass is 16.5. The largest absolute Gasteiger partial charge is 0.378 e. The second-order valence-corrected chi connectivity index (χ2v) is 4.50. The van der Waals surface area contributed by atoms with Gasteiger partial charge in [-0.25, -0.2) is 0 Å². The van der Waals surface area contributed by atoms with Gasteiger partial charge in [-0.3, -0.25) is 5.32 Å². The Morgan fingerprint density at radius 1 is 1.47 bits per heavy atom. The SMILES string of the molecule is CCNC(C)(C#N)CCOC1CCCC1. The fourth-order valence-corrected chi connectivity index (χ4v) is 2.06. The molecule has 0 radical (unpaired) electrons. The smallest absolute Gasteiger partial charge is 0.106 e. The van der Waals surface area contributed by atoms with Crippen molar-refractivity contribution in [2.24, 2.45) is 0 Å². The van der Waals surface area contributed by atoms with Crippen LogP contribution < -0.4 is 5.32 Å². The first-order valence-electron chi connectivity index (χ1n) is 5.98. The number of hydrogen-bond acceptors (Lipinski definition) is 3. The molecule has 1 rings (SSSR count). The molecule has 3 nitrogen and oxygen atoms in total. The minimum absolute atomic E-state index is 0.423. The van der Waals surface area contributed by atoms with Crippen molar-refractivity contribution in [3.63, 3.8) is 0 Å². The Bertz CT molecular complexity index is 218. The van der Waals surface area contributed by atoms with E-state index in [1.807, 2.05) is 13.8 Å². The molecular weight excluding hydrogens is 188 g/mol. The van der Waals surface area contributed by atoms with Crippen LogP contribution in [0.15, 0.2) is 0 Å². The monoisotopic (exact) mass is 210 g/mol. The number of nitriles is 1. The normalized spacial score (nSPS) is 21.1. The molecule has 0 aromatic carbocycles. The number of ether oxygens (including phenoxy) is 1. The Balaban J connectivity index is 2.19. The summed E-state index contributed by atoms with van der Waals surface area (Å²) in [6.07, 6.45) is 6.22. The maximum absolute atomic E-state index is 9.04. The van der Waals surface area contributed by atoms with Crippen molar-refractivity contribution in [2.45, 2.75) is 57.6 Å². The predicted octanol–water partition coefficient (Wildman–Crippen LogP) is 2.23. The Hall–Kier alpha value is -0.590. The molecule has 0 heterocycles. The lowest BCUT2D eigenvalue weighted by Crippen LogP contribution is -2.41. The third-order valence-electron chi connectivity index (χ3n) is 3.07. The van der Waals surface area contributed by atoms with Crippen molar-refractivity contribution in [2.75, 3.05) is 13.2 Å². The van der Waals surface area contributed by atoms with Crippen molar-refractivity contribution in [1.29, 1.82) is 5.26 Å². The molecule has 3 heteroatoms. The van der Waals surface area contributed by atoms with Crippen LogP contribution in [0, 0.1) is 11.3 Å². The molecule has 1 aliphatic rings. The summed E-state index contributed by atoms with van der Waals surface area (Å²) in [6.45, 7) is 5.48. The Morgan fingerprint density at radius 2 is 2.13 bits per heavy atom. The predicted molar refractivity (Wildman–Crippen MR) is 60.5 cm³/mol. The molecule has 1 fully saturated rings. The fourth-order valence-electron chi connectivity index (χ4n) is 2.06.